The molecule has 0 spiro atoms. The Kier molecular flexibility index (Phi) is 7.85. The van der Waals surface area contributed by atoms with Crippen LogP contribution < -0.4 is 19.5 Å². The van der Waals surface area contributed by atoms with Crippen LogP contribution in [0.1, 0.15) is 47.8 Å². The van der Waals surface area contributed by atoms with Crippen LogP contribution in [0.4, 0.5) is 0 Å². The fraction of sp³-hybridized carbons (Fsp3) is 0.417. The Balaban J connectivity index is 1.56. The van der Waals surface area contributed by atoms with Gasteiger partial charge in [0.15, 0.2) is 5.78 Å². The van der Waals surface area contributed by atoms with Crippen LogP contribution in [-0.4, -0.2) is 37.3 Å². The van der Waals surface area contributed by atoms with Gasteiger partial charge in [-0.2, -0.15) is 0 Å². The van der Waals surface area contributed by atoms with E-state index < -0.39 is 0 Å². The van der Waals surface area contributed by atoms with Gasteiger partial charge in [0.25, 0.3) is 0 Å². The van der Waals surface area contributed by atoms with Gasteiger partial charge in [0.05, 0.1) is 19.5 Å². The van der Waals surface area contributed by atoms with Crippen molar-refractivity contribution in [3.8, 4) is 17.2 Å². The minimum atomic E-state index is -0.0658. The lowest BCUT2D eigenvalue weighted by Crippen LogP contribution is -2.25. The second-order valence-electron chi connectivity index (χ2n) is 7.49. The summed E-state index contributed by atoms with van der Waals surface area (Å²) >= 11 is 1.48. The Morgan fingerprint density at radius 1 is 1.19 bits per heavy atom. The molecular formula is C24H29NO5S. The van der Waals surface area contributed by atoms with Gasteiger partial charge in [0, 0.05) is 41.0 Å². The molecule has 7 heteroatoms. The number of hydrogen-bond donors (Lipinski definition) is 1. The van der Waals surface area contributed by atoms with Crippen LogP contribution in [0.2, 0.25) is 0 Å². The number of rotatable bonds is 10. The average Bonchev–Trinajstić information content (AvgIpc) is 3.10. The van der Waals surface area contributed by atoms with E-state index in [4.69, 9.17) is 14.2 Å². The van der Waals surface area contributed by atoms with Gasteiger partial charge in [-0.1, -0.05) is 0 Å². The number of thioether (sulfide) groups is 1. The van der Waals surface area contributed by atoms with Gasteiger partial charge in [-0.25, -0.2) is 0 Å². The molecule has 1 unspecified atom stereocenters. The number of methoxy groups -OCH3 is 1. The van der Waals surface area contributed by atoms with Crippen molar-refractivity contribution >= 4 is 23.5 Å². The second kappa shape index (κ2) is 10.6. The van der Waals surface area contributed by atoms with Crippen molar-refractivity contribution in [2.24, 2.45) is 0 Å². The molecule has 1 N–H and O–H groups in total. The number of benzene rings is 2. The monoisotopic (exact) mass is 443 g/mol. The third-order valence-electron chi connectivity index (χ3n) is 5.03. The highest BCUT2D eigenvalue weighted by Crippen LogP contribution is 2.35. The smallest absolute Gasteiger partial charge is 0.230 e. The molecule has 166 valence electrons. The van der Waals surface area contributed by atoms with E-state index in [1.807, 2.05) is 32.0 Å². The lowest BCUT2D eigenvalue weighted by Gasteiger charge is -2.13. The molecule has 2 aromatic carbocycles. The summed E-state index contributed by atoms with van der Waals surface area (Å²) in [5.74, 6) is 3.19. The third-order valence-corrected chi connectivity index (χ3v) is 6.01. The summed E-state index contributed by atoms with van der Waals surface area (Å²) in [6, 6.07) is 9.35. The van der Waals surface area contributed by atoms with Crippen molar-refractivity contribution in [1.29, 1.82) is 0 Å². The molecule has 31 heavy (non-hydrogen) atoms. The highest BCUT2D eigenvalue weighted by Gasteiger charge is 2.22. The van der Waals surface area contributed by atoms with Crippen LogP contribution in [0.15, 0.2) is 30.3 Å². The molecule has 1 aliphatic rings. The van der Waals surface area contributed by atoms with Crippen LogP contribution >= 0.6 is 11.8 Å². The van der Waals surface area contributed by atoms with Gasteiger partial charge in [-0.3, -0.25) is 9.59 Å². The summed E-state index contributed by atoms with van der Waals surface area (Å²) in [6.07, 6.45) is 1.02. The molecule has 0 saturated carbocycles. The first-order valence-electron chi connectivity index (χ1n) is 10.4. The number of amides is 1. The zero-order valence-corrected chi connectivity index (χ0v) is 19.3. The van der Waals surface area contributed by atoms with Crippen LogP contribution in [0.3, 0.4) is 0 Å². The maximum absolute atomic E-state index is 12.4. The molecular weight excluding hydrogens is 414 g/mol. The first-order chi connectivity index (χ1) is 14.9. The molecule has 3 rings (SSSR count). The number of fused-ring (bicyclic) bond motifs is 1. The topological polar surface area (TPSA) is 73.9 Å². The minimum Gasteiger partial charge on any atom is -0.496 e. The maximum atomic E-state index is 12.4. The van der Waals surface area contributed by atoms with E-state index in [0.717, 1.165) is 34.6 Å². The largest absolute Gasteiger partial charge is 0.496 e. The molecule has 2 aromatic rings. The van der Waals surface area contributed by atoms with Gasteiger partial charge in [-0.15, -0.1) is 11.8 Å². The quantitative estimate of drug-likeness (QED) is 0.556. The first-order valence-corrected chi connectivity index (χ1v) is 11.5. The summed E-state index contributed by atoms with van der Waals surface area (Å²) in [6.45, 7) is 6.46. The van der Waals surface area contributed by atoms with Gasteiger partial charge in [-0.05, 0) is 51.1 Å². The minimum absolute atomic E-state index is 0.00414. The number of carbonyl (C=O) groups excluding carboxylic acids is 2. The van der Waals surface area contributed by atoms with E-state index in [0.29, 0.717) is 36.0 Å². The van der Waals surface area contributed by atoms with Crippen molar-refractivity contribution in [2.45, 2.75) is 45.6 Å². The molecule has 0 aromatic heterocycles. The van der Waals surface area contributed by atoms with Crippen LogP contribution in [0.25, 0.3) is 0 Å². The Morgan fingerprint density at radius 2 is 2.00 bits per heavy atom. The van der Waals surface area contributed by atoms with Gasteiger partial charge in [0.2, 0.25) is 5.91 Å². The summed E-state index contributed by atoms with van der Waals surface area (Å²) in [4.78, 5) is 24.0. The molecule has 0 fully saturated rings. The zero-order valence-electron chi connectivity index (χ0n) is 18.4. The van der Waals surface area contributed by atoms with Crippen LogP contribution in [-0.2, 0) is 23.5 Å². The summed E-state index contributed by atoms with van der Waals surface area (Å²) in [5.41, 5.74) is 3.58. The number of ketones is 1. The van der Waals surface area contributed by atoms with Gasteiger partial charge < -0.3 is 19.5 Å². The normalized spacial score (nSPS) is 14.5. The molecule has 0 radical (unpaired) electrons. The van der Waals surface area contributed by atoms with E-state index in [1.54, 1.807) is 19.2 Å². The van der Waals surface area contributed by atoms with Gasteiger partial charge >= 0.3 is 0 Å². The standard InChI is InChI=1S/C24H29NO5S/c1-5-29-22-10-18-8-15(2)30-23(18)11-19(22)12-25-24(27)14-31-13-20-9-17(16(3)26)6-7-21(20)28-4/h6-7,9-11,15H,5,8,12-14H2,1-4H3,(H,25,27). The van der Waals surface area contributed by atoms with Crippen molar-refractivity contribution in [3.63, 3.8) is 0 Å². The zero-order chi connectivity index (χ0) is 22.4. The van der Waals surface area contributed by atoms with Crippen molar-refractivity contribution in [2.75, 3.05) is 19.5 Å². The first kappa shape index (κ1) is 23.0. The fourth-order valence-corrected chi connectivity index (χ4v) is 4.35. The van der Waals surface area contributed by atoms with Crippen LogP contribution in [0, 0.1) is 0 Å². The molecule has 1 heterocycles. The fourth-order valence-electron chi connectivity index (χ4n) is 3.52. The van der Waals surface area contributed by atoms with Crippen LogP contribution in [0.5, 0.6) is 17.2 Å². The van der Waals surface area contributed by atoms with E-state index in [2.05, 4.69) is 5.32 Å². The molecule has 1 aliphatic heterocycles. The Labute approximate surface area is 187 Å². The number of hydrogen-bond acceptors (Lipinski definition) is 6. The molecule has 6 nitrogen and oxygen atoms in total. The number of Topliss-reactive ketones (excluding diaryl/α,β-unsaturated/α-hetero) is 1. The molecule has 0 saturated heterocycles. The second-order valence-corrected chi connectivity index (χ2v) is 8.47. The number of nitrogens with one attached hydrogen (secondary N) is 1. The summed E-state index contributed by atoms with van der Waals surface area (Å²) in [7, 11) is 1.60. The van der Waals surface area contributed by atoms with Crippen molar-refractivity contribution in [1.82, 2.24) is 5.32 Å². The van der Waals surface area contributed by atoms with E-state index >= 15 is 0 Å². The number of carbonyl (C=O) groups is 2. The van der Waals surface area contributed by atoms with Gasteiger partial charge in [0.1, 0.15) is 23.4 Å². The van der Waals surface area contributed by atoms with Crippen molar-refractivity contribution < 1.29 is 23.8 Å². The summed E-state index contributed by atoms with van der Waals surface area (Å²) in [5, 5.41) is 2.96. The Bertz CT molecular complexity index is 959. The third kappa shape index (κ3) is 5.94. The number of ether oxygens (including phenoxy) is 3. The molecule has 1 amide bonds. The molecule has 0 aliphatic carbocycles. The lowest BCUT2D eigenvalue weighted by molar-refractivity contribution is -0.118. The Hall–Kier alpha value is -2.67. The Morgan fingerprint density at radius 3 is 2.71 bits per heavy atom. The lowest BCUT2D eigenvalue weighted by atomic mass is 10.1. The van der Waals surface area contributed by atoms with E-state index in [1.165, 1.54) is 18.7 Å². The average molecular weight is 444 g/mol. The maximum Gasteiger partial charge on any atom is 0.230 e. The van der Waals surface area contributed by atoms with E-state index in [9.17, 15) is 9.59 Å². The highest BCUT2D eigenvalue weighted by atomic mass is 32.2. The molecule has 0 bridgehead atoms. The predicted octanol–water partition coefficient (Wildman–Crippen LogP) is 4.17. The van der Waals surface area contributed by atoms with Crippen molar-refractivity contribution in [3.05, 3.63) is 52.6 Å². The highest BCUT2D eigenvalue weighted by molar-refractivity contribution is 7.99. The summed E-state index contributed by atoms with van der Waals surface area (Å²) < 4.78 is 17.0. The predicted molar refractivity (Wildman–Crippen MR) is 122 cm³/mol. The van der Waals surface area contributed by atoms with E-state index in [-0.39, 0.29) is 17.8 Å². The molecule has 1 atom stereocenters. The SMILES string of the molecule is CCOc1cc2c(cc1CNC(=O)CSCc1cc(C(C)=O)ccc1OC)OC(C)C2.